The summed E-state index contributed by atoms with van der Waals surface area (Å²) in [7, 11) is -1.98. The number of nitrogens with zero attached hydrogens (tertiary/aromatic N) is 3. The van der Waals surface area contributed by atoms with Crippen molar-refractivity contribution in [2.45, 2.75) is 37.4 Å². The second kappa shape index (κ2) is 6.43. The second-order valence-corrected chi connectivity index (χ2v) is 7.70. The van der Waals surface area contributed by atoms with E-state index in [1.165, 1.54) is 0 Å². The Morgan fingerprint density at radius 1 is 1.26 bits per heavy atom. The summed E-state index contributed by atoms with van der Waals surface area (Å²) in [6.07, 6.45) is 2.39. The van der Waals surface area contributed by atoms with E-state index in [9.17, 15) is 8.42 Å². The molecule has 0 bridgehead atoms. The van der Waals surface area contributed by atoms with E-state index < -0.39 is 10.0 Å². The maximum absolute atomic E-state index is 13.1. The number of benzene rings is 1. The molecule has 3 rings (SSSR count). The first-order valence-electron chi connectivity index (χ1n) is 7.60. The summed E-state index contributed by atoms with van der Waals surface area (Å²) in [5.41, 5.74) is 1.94. The van der Waals surface area contributed by atoms with Gasteiger partial charge in [0.2, 0.25) is 10.0 Å². The zero-order chi connectivity index (χ0) is 16.4. The zero-order valence-corrected chi connectivity index (χ0v) is 14.2. The van der Waals surface area contributed by atoms with Gasteiger partial charge in [-0.1, -0.05) is 17.7 Å². The lowest BCUT2D eigenvalue weighted by molar-refractivity contribution is 0.127. The van der Waals surface area contributed by atoms with Crippen LogP contribution in [0.4, 0.5) is 0 Å². The number of ether oxygens (including phenoxy) is 1. The van der Waals surface area contributed by atoms with Crippen molar-refractivity contribution in [1.29, 1.82) is 0 Å². The number of fused-ring (bicyclic) bond motifs is 1. The Balaban J connectivity index is 2.00. The number of methoxy groups -OCH3 is 1. The van der Waals surface area contributed by atoms with Crippen LogP contribution in [0.3, 0.4) is 0 Å². The summed E-state index contributed by atoms with van der Waals surface area (Å²) in [6, 6.07) is 8.63. The number of rotatable bonds is 4. The fraction of sp³-hybridized carbons (Fsp3) is 0.438. The molecule has 2 aromatic rings. The molecule has 0 radical (unpaired) electrons. The van der Waals surface area contributed by atoms with Gasteiger partial charge in [0.1, 0.15) is 0 Å². The van der Waals surface area contributed by atoms with E-state index in [1.54, 1.807) is 29.7 Å². The van der Waals surface area contributed by atoms with E-state index >= 15 is 0 Å². The molecular formula is C16H21N3O3S. The van der Waals surface area contributed by atoms with Crippen molar-refractivity contribution >= 4 is 10.0 Å². The summed E-state index contributed by atoms with van der Waals surface area (Å²) >= 11 is 0. The summed E-state index contributed by atoms with van der Waals surface area (Å²) in [4.78, 5) is 0.317. The van der Waals surface area contributed by atoms with Crippen LogP contribution in [-0.4, -0.2) is 42.3 Å². The molecule has 0 saturated heterocycles. The van der Waals surface area contributed by atoms with Crippen molar-refractivity contribution in [3.63, 3.8) is 0 Å². The SMILES string of the molecule is COC[C@H]1CCn2nccc2CN1S(=O)(=O)c1ccc(C)cc1. The Kier molecular flexibility index (Phi) is 4.52. The molecule has 0 unspecified atom stereocenters. The fourth-order valence-corrected chi connectivity index (χ4v) is 4.50. The highest BCUT2D eigenvalue weighted by Gasteiger charge is 2.34. The standard InChI is InChI=1S/C16H21N3O3S/c1-13-3-5-16(6-4-13)23(20,21)19-11-14-7-9-17-18(14)10-8-15(19)12-22-2/h3-7,9,15H,8,10-12H2,1-2H3/t15-/m1/s1. The van der Waals surface area contributed by atoms with E-state index in [0.717, 1.165) is 11.3 Å². The largest absolute Gasteiger partial charge is 0.383 e. The number of hydrogen-bond acceptors (Lipinski definition) is 4. The smallest absolute Gasteiger partial charge is 0.243 e. The number of sulfonamides is 1. The van der Waals surface area contributed by atoms with Gasteiger partial charge in [0.25, 0.3) is 0 Å². The molecule has 0 spiro atoms. The molecule has 2 heterocycles. The lowest BCUT2D eigenvalue weighted by atomic mass is 10.2. The number of aryl methyl sites for hydroxylation is 2. The minimum atomic E-state index is -3.58. The van der Waals surface area contributed by atoms with Crippen LogP contribution in [0.25, 0.3) is 0 Å². The molecule has 0 fully saturated rings. The van der Waals surface area contributed by atoms with E-state index in [-0.39, 0.29) is 6.04 Å². The van der Waals surface area contributed by atoms with Crippen molar-refractivity contribution in [3.05, 3.63) is 47.8 Å². The average Bonchev–Trinajstić information content (AvgIpc) is 2.90. The molecule has 0 amide bonds. The number of aromatic nitrogens is 2. The molecular weight excluding hydrogens is 314 g/mol. The zero-order valence-electron chi connectivity index (χ0n) is 13.3. The first-order valence-corrected chi connectivity index (χ1v) is 9.04. The van der Waals surface area contributed by atoms with E-state index in [0.29, 0.717) is 31.0 Å². The molecule has 1 atom stereocenters. The quantitative estimate of drug-likeness (QED) is 0.855. The van der Waals surface area contributed by atoms with Crippen LogP contribution in [0.5, 0.6) is 0 Å². The van der Waals surface area contributed by atoms with E-state index in [4.69, 9.17) is 4.74 Å². The van der Waals surface area contributed by atoms with Crippen molar-refractivity contribution in [2.24, 2.45) is 0 Å². The Bertz CT molecular complexity index is 768. The third kappa shape index (κ3) is 3.17. The third-order valence-electron chi connectivity index (χ3n) is 4.19. The van der Waals surface area contributed by atoms with Crippen LogP contribution >= 0.6 is 0 Å². The van der Waals surface area contributed by atoms with Gasteiger partial charge in [0.05, 0.1) is 29.8 Å². The first-order chi connectivity index (χ1) is 11.0. The fourth-order valence-electron chi connectivity index (χ4n) is 2.89. The monoisotopic (exact) mass is 335 g/mol. The predicted octanol–water partition coefficient (Wildman–Crippen LogP) is 1.80. The molecule has 1 aliphatic heterocycles. The van der Waals surface area contributed by atoms with Crippen molar-refractivity contribution in [3.8, 4) is 0 Å². The third-order valence-corrected chi connectivity index (χ3v) is 6.10. The molecule has 0 aliphatic carbocycles. The molecule has 1 aromatic heterocycles. The predicted molar refractivity (Wildman–Crippen MR) is 86.4 cm³/mol. The Hall–Kier alpha value is -1.70. The van der Waals surface area contributed by atoms with Crippen LogP contribution in [0, 0.1) is 6.92 Å². The van der Waals surface area contributed by atoms with Crippen LogP contribution in [0.2, 0.25) is 0 Å². The molecule has 0 N–H and O–H groups in total. The first kappa shape index (κ1) is 16.2. The van der Waals surface area contributed by atoms with E-state index in [1.807, 2.05) is 29.8 Å². The van der Waals surface area contributed by atoms with Gasteiger partial charge >= 0.3 is 0 Å². The molecule has 1 aromatic carbocycles. The van der Waals surface area contributed by atoms with Gasteiger partial charge in [-0.25, -0.2) is 8.42 Å². The summed E-state index contributed by atoms with van der Waals surface area (Å²) in [5.74, 6) is 0. The number of hydrogen-bond donors (Lipinski definition) is 0. The van der Waals surface area contributed by atoms with Crippen LogP contribution in [0.15, 0.2) is 41.4 Å². The van der Waals surface area contributed by atoms with E-state index in [2.05, 4.69) is 5.10 Å². The Labute approximate surface area is 136 Å². The van der Waals surface area contributed by atoms with Crippen molar-refractivity contribution < 1.29 is 13.2 Å². The molecule has 1 aliphatic rings. The molecule has 0 saturated carbocycles. The van der Waals surface area contributed by atoms with Crippen molar-refractivity contribution in [2.75, 3.05) is 13.7 Å². The lowest BCUT2D eigenvalue weighted by Gasteiger charge is -2.28. The van der Waals surface area contributed by atoms with Gasteiger partial charge in [-0.3, -0.25) is 4.68 Å². The van der Waals surface area contributed by atoms with Gasteiger partial charge in [0, 0.05) is 19.9 Å². The van der Waals surface area contributed by atoms with Gasteiger partial charge in [-0.2, -0.15) is 9.40 Å². The Morgan fingerprint density at radius 2 is 2.00 bits per heavy atom. The highest BCUT2D eigenvalue weighted by Crippen LogP contribution is 2.25. The average molecular weight is 335 g/mol. The minimum Gasteiger partial charge on any atom is -0.383 e. The highest BCUT2D eigenvalue weighted by molar-refractivity contribution is 7.89. The topological polar surface area (TPSA) is 64.4 Å². The summed E-state index contributed by atoms with van der Waals surface area (Å²) in [6.45, 7) is 3.31. The van der Waals surface area contributed by atoms with Gasteiger partial charge in [-0.15, -0.1) is 0 Å². The molecule has 6 nitrogen and oxygen atoms in total. The van der Waals surface area contributed by atoms with Crippen molar-refractivity contribution in [1.82, 2.24) is 14.1 Å². The normalized spacial score (nSPS) is 19.3. The maximum atomic E-state index is 13.1. The maximum Gasteiger partial charge on any atom is 0.243 e. The molecule has 7 heteroatoms. The summed E-state index contributed by atoms with van der Waals surface area (Å²) in [5, 5.41) is 4.27. The minimum absolute atomic E-state index is 0.201. The lowest BCUT2D eigenvalue weighted by Crippen LogP contribution is -2.41. The second-order valence-electron chi connectivity index (χ2n) is 5.81. The highest BCUT2D eigenvalue weighted by atomic mass is 32.2. The van der Waals surface area contributed by atoms with Gasteiger partial charge in [0.15, 0.2) is 0 Å². The molecule has 23 heavy (non-hydrogen) atoms. The van der Waals surface area contributed by atoms with Gasteiger partial charge < -0.3 is 4.74 Å². The van der Waals surface area contributed by atoms with Gasteiger partial charge in [-0.05, 0) is 31.5 Å². The Morgan fingerprint density at radius 3 is 2.70 bits per heavy atom. The van der Waals surface area contributed by atoms with Crippen LogP contribution < -0.4 is 0 Å². The molecule has 124 valence electrons. The summed E-state index contributed by atoms with van der Waals surface area (Å²) < 4.78 is 34.9. The van der Waals surface area contributed by atoms with Crippen LogP contribution in [0.1, 0.15) is 17.7 Å². The van der Waals surface area contributed by atoms with Crippen LogP contribution in [-0.2, 0) is 27.8 Å².